The summed E-state index contributed by atoms with van der Waals surface area (Å²) in [6, 6.07) is 6.49. The molecule has 2 atom stereocenters. The number of phenolic OH excluding ortho intramolecular Hbond substituents is 1. The molecule has 0 aromatic heterocycles. The summed E-state index contributed by atoms with van der Waals surface area (Å²) >= 11 is 0. The number of para-hydroxylation sites is 1. The van der Waals surface area contributed by atoms with Gasteiger partial charge in [0.1, 0.15) is 11.3 Å². The molecule has 1 N–H and O–H groups in total. The lowest BCUT2D eigenvalue weighted by atomic mass is 9.75. The Morgan fingerprint density at radius 1 is 1.35 bits per heavy atom. The highest BCUT2D eigenvalue weighted by Gasteiger charge is 2.39. The Kier molecular flexibility index (Phi) is 4.36. The quantitative estimate of drug-likeness (QED) is 0.845. The number of hydrogen-bond donors (Lipinski definition) is 1. The molecular weight excluding hydrogens is 252 g/mol. The zero-order valence-corrected chi connectivity index (χ0v) is 12.6. The molecule has 0 bridgehead atoms. The van der Waals surface area contributed by atoms with Gasteiger partial charge in [-0.2, -0.15) is 0 Å². The second-order valence-electron chi connectivity index (χ2n) is 6.44. The van der Waals surface area contributed by atoms with Crippen LogP contribution in [0.2, 0.25) is 0 Å². The SMILES string of the molecule is C[C@H]1CC[C@@H](CCOC(=O)c2ccccc2O)C1(C)C. The zero-order chi connectivity index (χ0) is 14.8. The molecule has 2 rings (SSSR count). The van der Waals surface area contributed by atoms with E-state index >= 15 is 0 Å². The largest absolute Gasteiger partial charge is 0.507 e. The van der Waals surface area contributed by atoms with Crippen LogP contribution in [0, 0.1) is 17.3 Å². The first-order valence-corrected chi connectivity index (χ1v) is 7.38. The molecule has 1 aliphatic carbocycles. The fraction of sp³-hybridized carbons (Fsp3) is 0.588. The van der Waals surface area contributed by atoms with Gasteiger partial charge in [-0.05, 0) is 48.6 Å². The van der Waals surface area contributed by atoms with Gasteiger partial charge in [-0.1, -0.05) is 32.9 Å². The standard InChI is InChI=1S/C17H24O3/c1-12-8-9-13(17(12,2)3)10-11-20-16(19)14-6-4-5-7-15(14)18/h4-7,12-13,18H,8-11H2,1-3H3/t12-,13-/m0/s1. The number of hydrogen-bond acceptors (Lipinski definition) is 3. The molecule has 0 unspecified atom stereocenters. The molecule has 0 heterocycles. The summed E-state index contributed by atoms with van der Waals surface area (Å²) < 4.78 is 5.30. The van der Waals surface area contributed by atoms with Gasteiger partial charge in [0.15, 0.2) is 0 Å². The summed E-state index contributed by atoms with van der Waals surface area (Å²) in [4.78, 5) is 11.9. The number of ether oxygens (including phenoxy) is 1. The van der Waals surface area contributed by atoms with Gasteiger partial charge < -0.3 is 9.84 Å². The van der Waals surface area contributed by atoms with Gasteiger partial charge in [-0.3, -0.25) is 0 Å². The Labute approximate surface area is 121 Å². The predicted octanol–water partition coefficient (Wildman–Crippen LogP) is 4.01. The van der Waals surface area contributed by atoms with Crippen LogP contribution < -0.4 is 0 Å². The van der Waals surface area contributed by atoms with Crippen molar-refractivity contribution in [3.05, 3.63) is 29.8 Å². The lowest BCUT2D eigenvalue weighted by molar-refractivity contribution is 0.0445. The molecule has 3 nitrogen and oxygen atoms in total. The van der Waals surface area contributed by atoms with Gasteiger partial charge in [0.2, 0.25) is 0 Å². The van der Waals surface area contributed by atoms with Gasteiger partial charge >= 0.3 is 5.97 Å². The Bertz CT molecular complexity index is 479. The molecule has 1 fully saturated rings. The second-order valence-corrected chi connectivity index (χ2v) is 6.44. The van der Waals surface area contributed by atoms with Gasteiger partial charge in [0.25, 0.3) is 0 Å². The molecule has 1 aliphatic rings. The smallest absolute Gasteiger partial charge is 0.341 e. The van der Waals surface area contributed by atoms with E-state index in [4.69, 9.17) is 4.74 Å². The third kappa shape index (κ3) is 2.97. The highest BCUT2D eigenvalue weighted by molar-refractivity contribution is 5.92. The number of benzene rings is 1. The average molecular weight is 276 g/mol. The molecule has 110 valence electrons. The number of carbonyl (C=O) groups is 1. The molecule has 0 saturated heterocycles. The van der Waals surface area contributed by atoms with Crippen LogP contribution in [0.1, 0.15) is 50.4 Å². The maximum atomic E-state index is 11.9. The average Bonchev–Trinajstić information content (AvgIpc) is 2.65. The summed E-state index contributed by atoms with van der Waals surface area (Å²) in [6.45, 7) is 7.34. The third-order valence-corrected chi connectivity index (χ3v) is 5.09. The lowest BCUT2D eigenvalue weighted by Crippen LogP contribution is -2.24. The fourth-order valence-electron chi connectivity index (χ4n) is 3.13. The molecule has 0 spiro atoms. The molecule has 0 aliphatic heterocycles. The first-order valence-electron chi connectivity index (χ1n) is 7.38. The van der Waals surface area contributed by atoms with Crippen molar-refractivity contribution < 1.29 is 14.6 Å². The van der Waals surface area contributed by atoms with Crippen molar-refractivity contribution in [2.75, 3.05) is 6.61 Å². The van der Waals surface area contributed by atoms with E-state index in [-0.39, 0.29) is 11.3 Å². The van der Waals surface area contributed by atoms with E-state index in [1.54, 1.807) is 18.2 Å². The first-order chi connectivity index (χ1) is 9.43. The summed E-state index contributed by atoms with van der Waals surface area (Å²) in [7, 11) is 0. The normalized spacial score (nSPS) is 24.6. The summed E-state index contributed by atoms with van der Waals surface area (Å²) in [5, 5.41) is 9.61. The first kappa shape index (κ1) is 14.9. The number of phenols is 1. The molecule has 20 heavy (non-hydrogen) atoms. The highest BCUT2D eigenvalue weighted by Crippen LogP contribution is 2.48. The van der Waals surface area contributed by atoms with Crippen molar-refractivity contribution in [2.24, 2.45) is 17.3 Å². The maximum absolute atomic E-state index is 11.9. The highest BCUT2D eigenvalue weighted by atomic mass is 16.5. The fourth-order valence-corrected chi connectivity index (χ4v) is 3.13. The van der Waals surface area contributed by atoms with E-state index in [0.717, 1.165) is 12.3 Å². The molecule has 0 amide bonds. The minimum atomic E-state index is -0.438. The van der Waals surface area contributed by atoms with Gasteiger partial charge in [-0.25, -0.2) is 4.79 Å². The van der Waals surface area contributed by atoms with E-state index in [0.29, 0.717) is 17.9 Å². The van der Waals surface area contributed by atoms with Crippen LogP contribution in [0.15, 0.2) is 24.3 Å². The number of carbonyl (C=O) groups excluding carboxylic acids is 1. The second kappa shape index (κ2) is 5.86. The van der Waals surface area contributed by atoms with Crippen molar-refractivity contribution in [3.63, 3.8) is 0 Å². The Balaban J connectivity index is 1.85. The van der Waals surface area contributed by atoms with Crippen molar-refractivity contribution in [2.45, 2.75) is 40.0 Å². The van der Waals surface area contributed by atoms with E-state index in [2.05, 4.69) is 20.8 Å². The number of esters is 1. The van der Waals surface area contributed by atoms with E-state index in [1.807, 2.05) is 0 Å². The van der Waals surface area contributed by atoms with Crippen LogP contribution in [0.3, 0.4) is 0 Å². The van der Waals surface area contributed by atoms with Crippen LogP contribution in [0.4, 0.5) is 0 Å². The van der Waals surface area contributed by atoms with Gasteiger partial charge in [0.05, 0.1) is 6.61 Å². The molecule has 3 heteroatoms. The van der Waals surface area contributed by atoms with Gasteiger partial charge in [0, 0.05) is 0 Å². The zero-order valence-electron chi connectivity index (χ0n) is 12.6. The minimum absolute atomic E-state index is 0.0210. The van der Waals surface area contributed by atoms with Crippen molar-refractivity contribution in [1.29, 1.82) is 0 Å². The van der Waals surface area contributed by atoms with Crippen LogP contribution in [0.5, 0.6) is 5.75 Å². The Hall–Kier alpha value is -1.51. The Morgan fingerprint density at radius 2 is 2.05 bits per heavy atom. The minimum Gasteiger partial charge on any atom is -0.507 e. The van der Waals surface area contributed by atoms with E-state index < -0.39 is 5.97 Å². The van der Waals surface area contributed by atoms with Crippen molar-refractivity contribution >= 4 is 5.97 Å². The van der Waals surface area contributed by atoms with Crippen molar-refractivity contribution in [3.8, 4) is 5.75 Å². The summed E-state index contributed by atoms with van der Waals surface area (Å²) in [6.07, 6.45) is 3.37. The lowest BCUT2D eigenvalue weighted by Gasteiger charge is -2.31. The molecule has 1 aromatic carbocycles. The van der Waals surface area contributed by atoms with E-state index in [9.17, 15) is 9.90 Å². The summed E-state index contributed by atoms with van der Waals surface area (Å²) in [5.41, 5.74) is 0.563. The van der Waals surface area contributed by atoms with Crippen molar-refractivity contribution in [1.82, 2.24) is 0 Å². The third-order valence-electron chi connectivity index (χ3n) is 5.09. The van der Waals surface area contributed by atoms with E-state index in [1.165, 1.54) is 18.9 Å². The number of aromatic hydroxyl groups is 1. The van der Waals surface area contributed by atoms with Crippen LogP contribution in [-0.2, 0) is 4.74 Å². The summed E-state index contributed by atoms with van der Waals surface area (Å²) in [5.74, 6) is 0.871. The van der Waals surface area contributed by atoms with Crippen LogP contribution in [0.25, 0.3) is 0 Å². The topological polar surface area (TPSA) is 46.5 Å². The maximum Gasteiger partial charge on any atom is 0.341 e. The molecule has 0 radical (unpaired) electrons. The number of rotatable bonds is 4. The van der Waals surface area contributed by atoms with Gasteiger partial charge in [-0.15, -0.1) is 0 Å². The monoisotopic (exact) mass is 276 g/mol. The van der Waals surface area contributed by atoms with Crippen LogP contribution >= 0.6 is 0 Å². The predicted molar refractivity (Wildman–Crippen MR) is 78.7 cm³/mol. The van der Waals surface area contributed by atoms with Crippen LogP contribution in [-0.4, -0.2) is 17.7 Å². The molecule has 1 saturated carbocycles. The molecular formula is C17H24O3. The Morgan fingerprint density at radius 3 is 2.65 bits per heavy atom. The molecule has 1 aromatic rings.